The first-order valence-electron chi connectivity index (χ1n) is 9.56. The molecule has 0 aliphatic carbocycles. The predicted molar refractivity (Wildman–Crippen MR) is 127 cm³/mol. The summed E-state index contributed by atoms with van der Waals surface area (Å²) < 4.78 is 0. The van der Waals surface area contributed by atoms with Gasteiger partial charge in [-0.05, 0) is 50.2 Å². The van der Waals surface area contributed by atoms with Crippen LogP contribution in [0.1, 0.15) is 44.2 Å². The van der Waals surface area contributed by atoms with Crippen LogP contribution in [0.25, 0.3) is 0 Å². The van der Waals surface area contributed by atoms with Gasteiger partial charge in [-0.25, -0.2) is 4.99 Å². The molecule has 0 aromatic heterocycles. The number of thioether (sulfide) groups is 1. The van der Waals surface area contributed by atoms with E-state index in [0.717, 1.165) is 25.6 Å². The first-order valence-corrected chi connectivity index (χ1v) is 10.8. The normalized spacial score (nSPS) is 16.7. The van der Waals surface area contributed by atoms with Gasteiger partial charge in [0.1, 0.15) is 0 Å². The molecular weight excluding hydrogens is 455 g/mol. The number of rotatable bonds is 8. The quantitative estimate of drug-likeness (QED) is 0.327. The molecule has 2 N–H and O–H groups in total. The van der Waals surface area contributed by atoms with Gasteiger partial charge in [0.25, 0.3) is 0 Å². The highest BCUT2D eigenvalue weighted by molar-refractivity contribution is 14.0. The molecule has 6 heteroatoms. The molecule has 1 heterocycles. The minimum Gasteiger partial charge on any atom is -0.357 e. The number of guanidine groups is 1. The number of nitrogens with zero attached hydrogens (tertiary/aromatic N) is 2. The molecule has 1 atom stereocenters. The van der Waals surface area contributed by atoms with Crippen molar-refractivity contribution in [3.05, 3.63) is 35.4 Å². The van der Waals surface area contributed by atoms with Crippen LogP contribution in [0.5, 0.6) is 0 Å². The highest BCUT2D eigenvalue weighted by Crippen LogP contribution is 2.14. The second kappa shape index (κ2) is 13.7. The van der Waals surface area contributed by atoms with Crippen molar-refractivity contribution in [1.29, 1.82) is 0 Å². The van der Waals surface area contributed by atoms with Gasteiger partial charge in [0.15, 0.2) is 5.96 Å². The molecule has 0 spiro atoms. The van der Waals surface area contributed by atoms with Crippen molar-refractivity contribution in [1.82, 2.24) is 15.5 Å². The molecule has 1 aromatic carbocycles. The lowest BCUT2D eigenvalue weighted by Crippen LogP contribution is -2.40. The van der Waals surface area contributed by atoms with E-state index in [4.69, 9.17) is 4.99 Å². The smallest absolute Gasteiger partial charge is 0.191 e. The molecule has 1 aliphatic heterocycles. The molecule has 2 rings (SSSR count). The lowest BCUT2D eigenvalue weighted by atomic mass is 10.1. The SMILES string of the molecule is CCNC(=NCc1ccc(CN2CCCCC2)cc1)NCC(C)SC.I. The number of likely N-dealkylation sites (tertiary alicyclic amines) is 1. The van der Waals surface area contributed by atoms with Gasteiger partial charge in [0.2, 0.25) is 0 Å². The zero-order valence-corrected chi connectivity index (χ0v) is 19.6. The molecule has 0 bridgehead atoms. The van der Waals surface area contributed by atoms with Crippen LogP contribution in [0.4, 0.5) is 0 Å². The van der Waals surface area contributed by atoms with Crippen LogP contribution in [0, 0.1) is 0 Å². The molecule has 1 aromatic rings. The Balaban J connectivity index is 0.00000338. The van der Waals surface area contributed by atoms with E-state index in [1.54, 1.807) is 0 Å². The number of hydrogen-bond donors (Lipinski definition) is 2. The van der Waals surface area contributed by atoms with Crippen molar-refractivity contribution in [2.45, 2.75) is 51.4 Å². The number of benzene rings is 1. The average Bonchev–Trinajstić information content (AvgIpc) is 2.65. The summed E-state index contributed by atoms with van der Waals surface area (Å²) in [6.07, 6.45) is 6.23. The van der Waals surface area contributed by atoms with Crippen molar-refractivity contribution in [3.63, 3.8) is 0 Å². The Hall–Kier alpha value is -0.470. The first kappa shape index (κ1) is 23.6. The van der Waals surface area contributed by atoms with Crippen molar-refractivity contribution in [2.24, 2.45) is 4.99 Å². The van der Waals surface area contributed by atoms with Crippen LogP contribution in [0.15, 0.2) is 29.3 Å². The highest BCUT2D eigenvalue weighted by Gasteiger charge is 2.10. The summed E-state index contributed by atoms with van der Waals surface area (Å²) in [4.78, 5) is 7.28. The Morgan fingerprint density at radius 3 is 2.38 bits per heavy atom. The maximum Gasteiger partial charge on any atom is 0.191 e. The van der Waals surface area contributed by atoms with Gasteiger partial charge in [0, 0.05) is 24.9 Å². The summed E-state index contributed by atoms with van der Waals surface area (Å²) >= 11 is 1.87. The molecular formula is C20H35IN4S. The van der Waals surface area contributed by atoms with E-state index >= 15 is 0 Å². The summed E-state index contributed by atoms with van der Waals surface area (Å²) in [5, 5.41) is 7.32. The maximum absolute atomic E-state index is 4.71. The van der Waals surface area contributed by atoms with Gasteiger partial charge in [-0.2, -0.15) is 11.8 Å². The molecule has 26 heavy (non-hydrogen) atoms. The van der Waals surface area contributed by atoms with Gasteiger partial charge in [-0.15, -0.1) is 24.0 Å². The van der Waals surface area contributed by atoms with E-state index in [-0.39, 0.29) is 24.0 Å². The van der Waals surface area contributed by atoms with Crippen LogP contribution in [0.2, 0.25) is 0 Å². The van der Waals surface area contributed by atoms with E-state index < -0.39 is 0 Å². The summed E-state index contributed by atoms with van der Waals surface area (Å²) in [5.74, 6) is 0.904. The summed E-state index contributed by atoms with van der Waals surface area (Å²) in [6.45, 7) is 10.4. The third kappa shape index (κ3) is 8.95. The Kier molecular flexibility index (Phi) is 12.4. The highest BCUT2D eigenvalue weighted by atomic mass is 127. The summed E-state index contributed by atoms with van der Waals surface area (Å²) in [6, 6.07) is 8.96. The lowest BCUT2D eigenvalue weighted by molar-refractivity contribution is 0.221. The first-order chi connectivity index (χ1) is 12.2. The zero-order chi connectivity index (χ0) is 17.9. The molecule has 1 saturated heterocycles. The van der Waals surface area contributed by atoms with Crippen LogP contribution in [0.3, 0.4) is 0 Å². The summed E-state index contributed by atoms with van der Waals surface area (Å²) in [7, 11) is 0. The van der Waals surface area contributed by atoms with E-state index in [0.29, 0.717) is 11.8 Å². The Bertz CT molecular complexity index is 515. The van der Waals surface area contributed by atoms with Gasteiger partial charge in [0.05, 0.1) is 6.54 Å². The van der Waals surface area contributed by atoms with Crippen molar-refractivity contribution in [2.75, 3.05) is 32.4 Å². The fourth-order valence-corrected chi connectivity index (χ4v) is 3.21. The van der Waals surface area contributed by atoms with Crippen molar-refractivity contribution >= 4 is 41.7 Å². The van der Waals surface area contributed by atoms with Crippen LogP contribution in [-0.2, 0) is 13.1 Å². The number of aliphatic imine (C=N–C) groups is 1. The second-order valence-electron chi connectivity index (χ2n) is 6.78. The average molecular weight is 490 g/mol. The van der Waals surface area contributed by atoms with Gasteiger partial charge in [-0.1, -0.05) is 37.6 Å². The topological polar surface area (TPSA) is 39.7 Å². The Morgan fingerprint density at radius 1 is 1.12 bits per heavy atom. The van der Waals surface area contributed by atoms with Crippen molar-refractivity contribution < 1.29 is 0 Å². The van der Waals surface area contributed by atoms with Crippen LogP contribution in [-0.4, -0.2) is 48.5 Å². The molecule has 1 fully saturated rings. The van der Waals surface area contributed by atoms with E-state index in [2.05, 4.69) is 59.9 Å². The lowest BCUT2D eigenvalue weighted by Gasteiger charge is -2.26. The third-order valence-corrected chi connectivity index (χ3v) is 5.57. The maximum atomic E-state index is 4.71. The fourth-order valence-electron chi connectivity index (χ4n) is 2.96. The zero-order valence-electron chi connectivity index (χ0n) is 16.5. The monoisotopic (exact) mass is 490 g/mol. The fraction of sp³-hybridized carbons (Fsp3) is 0.650. The standard InChI is InChI=1S/C20H34N4S.HI/c1-4-21-20(22-14-17(2)25-3)23-15-18-8-10-19(11-9-18)16-24-12-6-5-7-13-24;/h8-11,17H,4-7,12-16H2,1-3H3,(H2,21,22,23);1H. The largest absolute Gasteiger partial charge is 0.357 e. The molecule has 148 valence electrons. The van der Waals surface area contributed by atoms with Crippen molar-refractivity contribution in [3.8, 4) is 0 Å². The Morgan fingerprint density at radius 2 is 1.77 bits per heavy atom. The molecule has 0 amide bonds. The molecule has 0 saturated carbocycles. The minimum atomic E-state index is 0. The number of halogens is 1. The minimum absolute atomic E-state index is 0. The van der Waals surface area contributed by atoms with Gasteiger partial charge < -0.3 is 10.6 Å². The number of piperidine rings is 1. The number of nitrogens with one attached hydrogen (secondary N) is 2. The number of hydrogen-bond acceptors (Lipinski definition) is 3. The van der Waals surface area contributed by atoms with E-state index in [9.17, 15) is 0 Å². The van der Waals surface area contributed by atoms with Gasteiger partial charge in [-0.3, -0.25) is 4.90 Å². The van der Waals surface area contributed by atoms with E-state index in [1.807, 2.05) is 11.8 Å². The Labute approximate surface area is 181 Å². The molecule has 1 unspecified atom stereocenters. The van der Waals surface area contributed by atoms with Gasteiger partial charge >= 0.3 is 0 Å². The van der Waals surface area contributed by atoms with Crippen LogP contribution < -0.4 is 10.6 Å². The van der Waals surface area contributed by atoms with Crippen LogP contribution >= 0.6 is 35.7 Å². The van der Waals surface area contributed by atoms with E-state index in [1.165, 1.54) is 43.5 Å². The molecule has 0 radical (unpaired) electrons. The molecule has 4 nitrogen and oxygen atoms in total. The third-order valence-electron chi connectivity index (χ3n) is 4.60. The second-order valence-corrected chi connectivity index (χ2v) is 8.05. The summed E-state index contributed by atoms with van der Waals surface area (Å²) in [5.41, 5.74) is 2.67. The predicted octanol–water partition coefficient (Wildman–Crippen LogP) is 4.10. The molecule has 1 aliphatic rings.